The van der Waals surface area contributed by atoms with Gasteiger partial charge in [-0.05, 0) is 60.1 Å². The first-order valence-corrected chi connectivity index (χ1v) is 11.9. The van der Waals surface area contributed by atoms with E-state index in [1.807, 2.05) is 36.4 Å². The van der Waals surface area contributed by atoms with E-state index in [1.54, 1.807) is 6.07 Å². The molecule has 0 bridgehead atoms. The molecular formula is C24H25Cl3N2O4. The molecular weight excluding hydrogens is 487 g/mol. The lowest BCUT2D eigenvalue weighted by Gasteiger charge is -2.46. The van der Waals surface area contributed by atoms with Gasteiger partial charge in [0.25, 0.3) is 0 Å². The second kappa shape index (κ2) is 10.1. The van der Waals surface area contributed by atoms with Crippen LogP contribution in [0.4, 0.5) is 4.79 Å². The quantitative estimate of drug-likeness (QED) is 0.525. The van der Waals surface area contributed by atoms with E-state index in [9.17, 15) is 9.59 Å². The van der Waals surface area contributed by atoms with Gasteiger partial charge in [-0.15, -0.1) is 0 Å². The van der Waals surface area contributed by atoms with Crippen LogP contribution in [0.15, 0.2) is 42.5 Å². The van der Waals surface area contributed by atoms with Crippen molar-refractivity contribution in [1.82, 2.24) is 10.6 Å². The monoisotopic (exact) mass is 510 g/mol. The van der Waals surface area contributed by atoms with Crippen molar-refractivity contribution < 1.29 is 19.1 Å². The van der Waals surface area contributed by atoms with E-state index in [4.69, 9.17) is 44.3 Å². The number of methoxy groups -OCH3 is 1. The molecule has 2 fully saturated rings. The molecule has 1 saturated heterocycles. The number of amides is 2. The molecule has 2 N–H and O–H groups in total. The number of alkyl carbamates (subject to hydrolysis) is 1. The van der Waals surface area contributed by atoms with Gasteiger partial charge in [0.2, 0.25) is 5.91 Å². The molecule has 9 heteroatoms. The van der Waals surface area contributed by atoms with Gasteiger partial charge in [-0.25, -0.2) is 4.79 Å². The Hall–Kier alpha value is -1.99. The summed E-state index contributed by atoms with van der Waals surface area (Å²) in [5, 5.41) is 7.65. The maximum atomic E-state index is 13.1. The van der Waals surface area contributed by atoms with Crippen LogP contribution in [0.1, 0.15) is 35.8 Å². The second-order valence-electron chi connectivity index (χ2n) is 8.43. The Balaban J connectivity index is 1.72. The molecule has 2 amide bonds. The van der Waals surface area contributed by atoms with Gasteiger partial charge in [-0.3, -0.25) is 4.79 Å². The molecule has 4 atom stereocenters. The Bertz CT molecular complexity index is 1030. The first-order chi connectivity index (χ1) is 15.9. The Morgan fingerprint density at radius 2 is 1.85 bits per heavy atom. The minimum Gasteiger partial charge on any atom is -0.447 e. The zero-order valence-corrected chi connectivity index (χ0v) is 20.3. The third-order valence-electron chi connectivity index (χ3n) is 6.70. The molecule has 33 heavy (non-hydrogen) atoms. The lowest BCUT2D eigenvalue weighted by Crippen LogP contribution is -2.61. The van der Waals surface area contributed by atoms with Gasteiger partial charge in [-0.1, -0.05) is 53.0 Å². The van der Waals surface area contributed by atoms with Gasteiger partial charge < -0.3 is 20.1 Å². The summed E-state index contributed by atoms with van der Waals surface area (Å²) in [6.45, 7) is 0.807. The smallest absolute Gasteiger partial charge is 0.408 e. The first kappa shape index (κ1) is 24.1. The minimum absolute atomic E-state index is 0.0214. The molecule has 1 saturated carbocycles. The van der Waals surface area contributed by atoms with Crippen LogP contribution < -0.4 is 10.6 Å². The number of hydrogen-bond donors (Lipinski definition) is 2. The largest absolute Gasteiger partial charge is 0.447 e. The molecule has 0 spiro atoms. The summed E-state index contributed by atoms with van der Waals surface area (Å²) in [6.07, 6.45) is 0.458. The van der Waals surface area contributed by atoms with Crippen LogP contribution in [-0.2, 0) is 14.3 Å². The van der Waals surface area contributed by atoms with Crippen molar-refractivity contribution in [3.63, 3.8) is 0 Å². The molecule has 2 aromatic carbocycles. The zero-order valence-electron chi connectivity index (χ0n) is 18.1. The number of ether oxygens (including phenoxy) is 2. The molecule has 0 unspecified atom stereocenters. The highest BCUT2D eigenvalue weighted by atomic mass is 35.5. The van der Waals surface area contributed by atoms with Crippen LogP contribution in [0, 0.1) is 5.92 Å². The van der Waals surface area contributed by atoms with Gasteiger partial charge in [0.15, 0.2) is 0 Å². The number of benzene rings is 2. The van der Waals surface area contributed by atoms with Gasteiger partial charge >= 0.3 is 6.09 Å². The number of hydrogen-bond acceptors (Lipinski definition) is 4. The predicted molar refractivity (Wildman–Crippen MR) is 128 cm³/mol. The molecule has 2 aromatic rings. The predicted octanol–water partition coefficient (Wildman–Crippen LogP) is 5.17. The van der Waals surface area contributed by atoms with Crippen LogP contribution in [0.5, 0.6) is 0 Å². The Morgan fingerprint density at radius 3 is 2.55 bits per heavy atom. The molecule has 176 valence electrons. The fourth-order valence-corrected chi connectivity index (χ4v) is 5.90. The number of nitrogens with one attached hydrogen (secondary N) is 2. The van der Waals surface area contributed by atoms with E-state index in [-0.39, 0.29) is 36.9 Å². The Kier molecular flexibility index (Phi) is 7.39. The number of halogens is 3. The SMILES string of the molecule is COCCOC(=O)N[C@@]12CC[C@@H](c3ccc(Cl)cc3Cl)[C@H](c3ccc(Cl)cc3)[C@@H]1CNC2=O. The molecule has 0 radical (unpaired) electrons. The summed E-state index contributed by atoms with van der Waals surface area (Å²) < 4.78 is 10.2. The highest BCUT2D eigenvalue weighted by molar-refractivity contribution is 6.35. The lowest BCUT2D eigenvalue weighted by molar-refractivity contribution is -0.126. The second-order valence-corrected chi connectivity index (χ2v) is 9.71. The maximum Gasteiger partial charge on any atom is 0.408 e. The molecule has 0 aromatic heterocycles. The van der Waals surface area contributed by atoms with E-state index in [0.717, 1.165) is 11.1 Å². The minimum atomic E-state index is -1.08. The highest BCUT2D eigenvalue weighted by Crippen LogP contribution is 2.54. The average molecular weight is 512 g/mol. The zero-order chi connectivity index (χ0) is 23.6. The van der Waals surface area contributed by atoms with Crippen LogP contribution in [0.25, 0.3) is 0 Å². The van der Waals surface area contributed by atoms with E-state index < -0.39 is 11.6 Å². The topological polar surface area (TPSA) is 76.7 Å². The lowest BCUT2D eigenvalue weighted by atomic mass is 9.60. The van der Waals surface area contributed by atoms with E-state index in [1.165, 1.54) is 7.11 Å². The standard InChI is InChI=1S/C24H25Cl3N2O4/c1-32-10-11-33-23(31)29-24-9-8-18(17-7-6-16(26)12-20(17)27)21(19(24)13-28-22(24)30)14-2-4-15(25)5-3-14/h2-7,12,18-19,21H,8-11,13H2,1H3,(H,28,30)(H,29,31)/t18-,19-,21-,24-/m0/s1. The highest BCUT2D eigenvalue weighted by Gasteiger charge is 2.59. The number of carbonyl (C=O) groups excluding carboxylic acids is 2. The average Bonchev–Trinajstić information content (AvgIpc) is 3.10. The summed E-state index contributed by atoms with van der Waals surface area (Å²) in [6, 6.07) is 13.1. The van der Waals surface area contributed by atoms with E-state index in [2.05, 4.69) is 10.6 Å². The van der Waals surface area contributed by atoms with Crippen molar-refractivity contribution in [1.29, 1.82) is 0 Å². The maximum absolute atomic E-state index is 13.1. The summed E-state index contributed by atoms with van der Waals surface area (Å²) in [5.74, 6) is -0.497. The first-order valence-electron chi connectivity index (χ1n) is 10.8. The van der Waals surface area contributed by atoms with Gasteiger partial charge in [0, 0.05) is 34.6 Å². The Morgan fingerprint density at radius 1 is 1.12 bits per heavy atom. The van der Waals surface area contributed by atoms with Gasteiger partial charge in [0.05, 0.1) is 6.61 Å². The fourth-order valence-electron chi connectivity index (χ4n) is 5.23. The number of rotatable bonds is 6. The van der Waals surface area contributed by atoms with Crippen LogP contribution >= 0.6 is 34.8 Å². The molecule has 1 heterocycles. The van der Waals surface area contributed by atoms with Gasteiger partial charge in [0.1, 0.15) is 12.1 Å². The van der Waals surface area contributed by atoms with Crippen LogP contribution in [0.2, 0.25) is 15.1 Å². The molecule has 1 aliphatic heterocycles. The number of carbonyl (C=O) groups is 2. The molecule has 2 aliphatic rings. The van der Waals surface area contributed by atoms with Crippen molar-refractivity contribution in [2.75, 3.05) is 26.9 Å². The van der Waals surface area contributed by atoms with E-state index in [0.29, 0.717) is 34.5 Å². The van der Waals surface area contributed by atoms with Crippen LogP contribution in [0.3, 0.4) is 0 Å². The Labute approximate surface area is 207 Å². The molecule has 1 aliphatic carbocycles. The van der Waals surface area contributed by atoms with Crippen LogP contribution in [-0.4, -0.2) is 44.4 Å². The van der Waals surface area contributed by atoms with E-state index >= 15 is 0 Å². The summed E-state index contributed by atoms with van der Waals surface area (Å²) in [5.41, 5.74) is 0.913. The normalized spacial score (nSPS) is 26.4. The van der Waals surface area contributed by atoms with Crippen molar-refractivity contribution in [3.8, 4) is 0 Å². The summed E-state index contributed by atoms with van der Waals surface area (Å²) >= 11 is 18.9. The van der Waals surface area contributed by atoms with Crippen molar-refractivity contribution in [2.45, 2.75) is 30.2 Å². The third kappa shape index (κ3) is 4.80. The number of fused-ring (bicyclic) bond motifs is 1. The van der Waals surface area contributed by atoms with Crippen molar-refractivity contribution >= 4 is 46.8 Å². The van der Waals surface area contributed by atoms with Gasteiger partial charge in [-0.2, -0.15) is 0 Å². The summed E-state index contributed by atoms with van der Waals surface area (Å²) in [4.78, 5) is 25.7. The molecule has 4 rings (SSSR count). The molecule has 6 nitrogen and oxygen atoms in total. The fraction of sp³-hybridized carbons (Fsp3) is 0.417. The third-order valence-corrected chi connectivity index (χ3v) is 7.51. The van der Waals surface area contributed by atoms with Crippen molar-refractivity contribution in [2.24, 2.45) is 5.92 Å². The van der Waals surface area contributed by atoms with Crippen molar-refractivity contribution in [3.05, 3.63) is 68.7 Å². The summed E-state index contributed by atoms with van der Waals surface area (Å²) in [7, 11) is 1.53.